The summed E-state index contributed by atoms with van der Waals surface area (Å²) in [5.41, 5.74) is 3.40. The number of nitrogens with one attached hydrogen (secondary N) is 1. The second kappa shape index (κ2) is 9.07. The maximum Gasteiger partial charge on any atom is 0.251 e. The van der Waals surface area contributed by atoms with Crippen molar-refractivity contribution < 1.29 is 9.53 Å². The number of hydrogen-bond acceptors (Lipinski definition) is 6. The first kappa shape index (κ1) is 18.8. The predicted molar refractivity (Wildman–Crippen MR) is 112 cm³/mol. The van der Waals surface area contributed by atoms with Crippen molar-refractivity contribution in [3.63, 3.8) is 0 Å². The molecule has 1 aromatic carbocycles. The van der Waals surface area contributed by atoms with Gasteiger partial charge in [0.2, 0.25) is 0 Å². The van der Waals surface area contributed by atoms with Gasteiger partial charge in [0.25, 0.3) is 5.91 Å². The Kier molecular flexibility index (Phi) is 5.87. The Morgan fingerprint density at radius 3 is 2.76 bits per heavy atom. The largest absolute Gasteiger partial charge is 0.489 e. The molecule has 0 aliphatic rings. The lowest BCUT2D eigenvalue weighted by molar-refractivity contribution is 0.0950. The number of ether oxygens (including phenoxy) is 1. The minimum absolute atomic E-state index is 0.169. The fourth-order valence-corrected chi connectivity index (χ4v) is 3.43. The van der Waals surface area contributed by atoms with Crippen molar-refractivity contribution in [1.82, 2.24) is 20.3 Å². The second-order valence-corrected chi connectivity index (χ2v) is 7.17. The number of nitrogens with zero attached hydrogens (tertiary/aromatic N) is 3. The Hall–Kier alpha value is -3.58. The highest BCUT2D eigenvalue weighted by Crippen LogP contribution is 2.21. The summed E-state index contributed by atoms with van der Waals surface area (Å²) in [6.45, 7) is 0.769. The molecule has 1 N–H and O–H groups in total. The quantitative estimate of drug-likeness (QED) is 0.503. The van der Waals surface area contributed by atoms with Gasteiger partial charge in [-0.2, -0.15) is 0 Å². The molecule has 0 bridgehead atoms. The normalized spacial score (nSPS) is 10.5. The zero-order chi connectivity index (χ0) is 19.9. The van der Waals surface area contributed by atoms with Crippen LogP contribution in [0.3, 0.4) is 0 Å². The van der Waals surface area contributed by atoms with Gasteiger partial charge in [-0.1, -0.05) is 12.1 Å². The van der Waals surface area contributed by atoms with Crippen LogP contribution in [-0.4, -0.2) is 20.9 Å². The summed E-state index contributed by atoms with van der Waals surface area (Å²) in [4.78, 5) is 25.2. The van der Waals surface area contributed by atoms with Crippen LogP contribution in [0.5, 0.6) is 5.75 Å². The van der Waals surface area contributed by atoms with Gasteiger partial charge in [0, 0.05) is 46.9 Å². The number of carbonyl (C=O) groups excluding carboxylic acids is 1. The molecular weight excluding hydrogens is 384 g/mol. The fourth-order valence-electron chi connectivity index (χ4n) is 2.68. The first-order valence-corrected chi connectivity index (χ1v) is 9.91. The van der Waals surface area contributed by atoms with E-state index in [0.29, 0.717) is 24.5 Å². The summed E-state index contributed by atoms with van der Waals surface area (Å²) in [5.74, 6) is 0.466. The molecule has 0 fully saturated rings. The van der Waals surface area contributed by atoms with Crippen LogP contribution in [0.25, 0.3) is 11.3 Å². The number of benzene rings is 1. The van der Waals surface area contributed by atoms with Crippen LogP contribution in [0, 0.1) is 0 Å². The van der Waals surface area contributed by atoms with Crippen molar-refractivity contribution in [1.29, 1.82) is 0 Å². The number of carbonyl (C=O) groups is 1. The Labute approximate surface area is 172 Å². The molecule has 4 aromatic rings. The minimum Gasteiger partial charge on any atom is -0.489 e. The maximum absolute atomic E-state index is 12.5. The average molecular weight is 402 g/mol. The Morgan fingerprint density at radius 2 is 1.93 bits per heavy atom. The highest BCUT2D eigenvalue weighted by Gasteiger charge is 2.09. The molecule has 7 heteroatoms. The molecule has 0 saturated carbocycles. The number of amides is 1. The molecule has 144 valence electrons. The lowest BCUT2D eigenvalue weighted by atomic mass is 10.2. The molecular formula is C22H18N4O2S. The molecule has 4 rings (SSSR count). The molecule has 29 heavy (non-hydrogen) atoms. The molecule has 6 nitrogen and oxygen atoms in total. The van der Waals surface area contributed by atoms with Crippen molar-refractivity contribution >= 4 is 17.2 Å². The van der Waals surface area contributed by atoms with Crippen LogP contribution in [0.15, 0.2) is 78.7 Å². The van der Waals surface area contributed by atoms with E-state index in [2.05, 4.69) is 20.3 Å². The summed E-state index contributed by atoms with van der Waals surface area (Å²) in [5, 5.41) is 5.73. The third kappa shape index (κ3) is 5.03. The number of aromatic nitrogens is 3. The third-order valence-corrected chi connectivity index (χ3v) is 5.00. The number of rotatable bonds is 7. The third-order valence-electron chi connectivity index (χ3n) is 4.15. The Morgan fingerprint density at radius 1 is 1.03 bits per heavy atom. The summed E-state index contributed by atoms with van der Waals surface area (Å²) in [6.07, 6.45) is 6.95. The van der Waals surface area contributed by atoms with E-state index in [1.54, 1.807) is 43.0 Å². The van der Waals surface area contributed by atoms with Crippen molar-refractivity contribution in [3.8, 4) is 17.0 Å². The highest BCUT2D eigenvalue weighted by molar-refractivity contribution is 7.09. The van der Waals surface area contributed by atoms with Gasteiger partial charge in [0.1, 0.15) is 17.4 Å². The van der Waals surface area contributed by atoms with Crippen LogP contribution in [0.4, 0.5) is 0 Å². The van der Waals surface area contributed by atoms with Crippen molar-refractivity contribution in [3.05, 3.63) is 94.8 Å². The predicted octanol–water partition coefficient (Wildman–Crippen LogP) is 4.11. The van der Waals surface area contributed by atoms with Gasteiger partial charge in [-0.3, -0.25) is 14.8 Å². The molecule has 0 atom stereocenters. The standard InChI is InChI=1S/C22H18N4O2S/c27-22(25-13-21-26-20(15-29-21)17-6-9-23-10-7-17)18-4-1-5-19(11-18)28-14-16-3-2-8-24-12-16/h1-12,15H,13-14H2,(H,25,27). The molecule has 0 unspecified atom stereocenters. The van der Waals surface area contributed by atoms with E-state index in [0.717, 1.165) is 21.8 Å². The highest BCUT2D eigenvalue weighted by atomic mass is 32.1. The van der Waals surface area contributed by atoms with Gasteiger partial charge in [0.05, 0.1) is 12.2 Å². The van der Waals surface area contributed by atoms with E-state index < -0.39 is 0 Å². The van der Waals surface area contributed by atoms with E-state index in [1.807, 2.05) is 35.7 Å². The zero-order valence-electron chi connectivity index (χ0n) is 15.5. The molecule has 3 aromatic heterocycles. The van der Waals surface area contributed by atoms with Crippen molar-refractivity contribution in [2.45, 2.75) is 13.2 Å². The molecule has 0 spiro atoms. The van der Waals surface area contributed by atoms with E-state index in [9.17, 15) is 4.79 Å². The summed E-state index contributed by atoms with van der Waals surface area (Å²) >= 11 is 1.51. The van der Waals surface area contributed by atoms with Gasteiger partial charge in [-0.25, -0.2) is 4.98 Å². The van der Waals surface area contributed by atoms with Gasteiger partial charge < -0.3 is 10.1 Å². The minimum atomic E-state index is -0.169. The summed E-state index contributed by atoms with van der Waals surface area (Å²) in [7, 11) is 0. The topological polar surface area (TPSA) is 77.0 Å². The number of thiazole rings is 1. The van der Waals surface area contributed by atoms with Crippen molar-refractivity contribution in [2.24, 2.45) is 0 Å². The Balaban J connectivity index is 1.35. The van der Waals surface area contributed by atoms with E-state index in [1.165, 1.54) is 11.3 Å². The summed E-state index contributed by atoms with van der Waals surface area (Å²) < 4.78 is 5.76. The smallest absolute Gasteiger partial charge is 0.251 e. The molecule has 0 aliphatic heterocycles. The zero-order valence-corrected chi connectivity index (χ0v) is 16.3. The average Bonchev–Trinajstić information content (AvgIpc) is 3.27. The fraction of sp³-hybridized carbons (Fsp3) is 0.0909. The molecule has 3 heterocycles. The number of pyridine rings is 2. The van der Waals surface area contributed by atoms with Crippen LogP contribution >= 0.6 is 11.3 Å². The molecule has 0 saturated heterocycles. The van der Waals surface area contributed by atoms with Crippen molar-refractivity contribution in [2.75, 3.05) is 0 Å². The lowest BCUT2D eigenvalue weighted by Gasteiger charge is -2.08. The van der Waals surface area contributed by atoms with E-state index in [-0.39, 0.29) is 5.91 Å². The Bertz CT molecular complexity index is 1080. The van der Waals surface area contributed by atoms with E-state index >= 15 is 0 Å². The van der Waals surface area contributed by atoms with Gasteiger partial charge in [-0.05, 0) is 36.4 Å². The first-order chi connectivity index (χ1) is 14.3. The second-order valence-electron chi connectivity index (χ2n) is 6.22. The van der Waals surface area contributed by atoms with Crippen LogP contribution < -0.4 is 10.1 Å². The number of hydrogen-bond donors (Lipinski definition) is 1. The monoisotopic (exact) mass is 402 g/mol. The SMILES string of the molecule is O=C(NCc1nc(-c2ccncc2)cs1)c1cccc(OCc2cccnc2)c1. The van der Waals surface area contributed by atoms with Gasteiger partial charge >= 0.3 is 0 Å². The molecule has 1 amide bonds. The molecule has 0 aliphatic carbocycles. The molecule has 0 radical (unpaired) electrons. The van der Waals surface area contributed by atoms with Crippen LogP contribution in [0.1, 0.15) is 20.9 Å². The van der Waals surface area contributed by atoms with Gasteiger partial charge in [-0.15, -0.1) is 11.3 Å². The van der Waals surface area contributed by atoms with Crippen LogP contribution in [0.2, 0.25) is 0 Å². The van der Waals surface area contributed by atoms with Crippen LogP contribution in [-0.2, 0) is 13.2 Å². The first-order valence-electron chi connectivity index (χ1n) is 9.03. The maximum atomic E-state index is 12.5. The summed E-state index contributed by atoms with van der Waals surface area (Å²) in [6, 6.07) is 14.8. The van der Waals surface area contributed by atoms with Gasteiger partial charge in [0.15, 0.2) is 0 Å². The lowest BCUT2D eigenvalue weighted by Crippen LogP contribution is -2.22. The van der Waals surface area contributed by atoms with E-state index in [4.69, 9.17) is 4.74 Å².